The minimum absolute atomic E-state index is 0.0255. The van der Waals surface area contributed by atoms with Gasteiger partial charge in [-0.2, -0.15) is 0 Å². The number of nitrogens with two attached hydrogens (primary N) is 1. The Morgan fingerprint density at radius 2 is 1.09 bits per heavy atom. The molecule has 1 heterocycles. The summed E-state index contributed by atoms with van der Waals surface area (Å²) in [5.41, 5.74) is 13.8. The molecule has 10 nitrogen and oxygen atoms in total. The van der Waals surface area contributed by atoms with E-state index in [1.54, 1.807) is 24.3 Å². The number of aryl methyl sites for hydroxylation is 1. The van der Waals surface area contributed by atoms with Crippen molar-refractivity contribution in [3.05, 3.63) is 200 Å². The fourth-order valence-electron chi connectivity index (χ4n) is 6.29. The number of benzene rings is 6. The monoisotopic (exact) mass is 986 g/mol. The van der Waals surface area contributed by atoms with Gasteiger partial charge in [0.05, 0.1) is 42.4 Å². The zero-order valence-electron chi connectivity index (χ0n) is 35.9. The maximum absolute atomic E-state index is 12.0. The van der Waals surface area contributed by atoms with E-state index in [1.165, 1.54) is 27.2 Å². The third-order valence-corrected chi connectivity index (χ3v) is 10.6. The number of hydrogen-bond acceptors (Lipinski definition) is 9. The maximum Gasteiger partial charge on any atom is 0.337 e. The van der Waals surface area contributed by atoms with E-state index in [4.69, 9.17) is 19.9 Å². The van der Waals surface area contributed by atoms with Crippen molar-refractivity contribution in [1.29, 1.82) is 0 Å². The number of nitrogen functional groups attached to an aromatic ring is 1. The summed E-state index contributed by atoms with van der Waals surface area (Å²) in [5.74, 6) is 0.481. The van der Waals surface area contributed by atoms with Crippen LogP contribution in [0.2, 0.25) is 0 Å². The van der Waals surface area contributed by atoms with Crippen LogP contribution in [-0.2, 0) is 27.5 Å². The van der Waals surface area contributed by atoms with Gasteiger partial charge in [-0.1, -0.05) is 117 Å². The predicted molar refractivity (Wildman–Crippen MR) is 257 cm³/mol. The van der Waals surface area contributed by atoms with Crippen LogP contribution in [0.3, 0.4) is 0 Å². The molecule has 0 aliphatic rings. The predicted octanol–water partition coefficient (Wildman–Crippen LogP) is 12.2. The molecule has 12 heteroatoms. The molecular formula is C52H48Br2N2O8. The number of carbonyl (C=O) groups excluding carboxylic acids is 4. The Kier molecular flexibility index (Phi) is 18.2. The largest absolute Gasteiger partial charge is 0.487 e. The topological polar surface area (TPSA) is 136 Å². The molecule has 7 aromatic rings. The number of Topliss-reactive ketones (excluding diaryl/α,β-unsaturated/α-hetero) is 2. The Labute approximate surface area is 390 Å². The number of aromatic nitrogens is 1. The first kappa shape index (κ1) is 48.3. The molecule has 0 aliphatic carbocycles. The number of halogens is 2. The molecule has 0 saturated heterocycles. The second kappa shape index (κ2) is 24.2. The maximum atomic E-state index is 12.0. The third-order valence-electron chi connectivity index (χ3n) is 9.57. The first-order valence-electron chi connectivity index (χ1n) is 20.1. The van der Waals surface area contributed by atoms with Crippen LogP contribution in [0.25, 0.3) is 16.9 Å². The van der Waals surface area contributed by atoms with E-state index in [9.17, 15) is 19.2 Å². The van der Waals surface area contributed by atoms with Crippen molar-refractivity contribution in [2.75, 3.05) is 20.0 Å². The summed E-state index contributed by atoms with van der Waals surface area (Å²) in [6.45, 7) is 4.50. The Morgan fingerprint density at radius 3 is 1.67 bits per heavy atom. The van der Waals surface area contributed by atoms with E-state index in [-0.39, 0.29) is 30.4 Å². The van der Waals surface area contributed by atoms with E-state index in [2.05, 4.69) is 54.2 Å². The van der Waals surface area contributed by atoms with E-state index in [0.717, 1.165) is 48.5 Å². The van der Waals surface area contributed by atoms with Gasteiger partial charge in [-0.25, -0.2) is 9.59 Å². The highest BCUT2D eigenvalue weighted by Gasteiger charge is 2.17. The molecule has 1 aromatic heterocycles. The van der Waals surface area contributed by atoms with Crippen molar-refractivity contribution in [3.63, 3.8) is 0 Å². The Morgan fingerprint density at radius 1 is 0.562 bits per heavy atom. The zero-order valence-corrected chi connectivity index (χ0v) is 39.1. The lowest BCUT2D eigenvalue weighted by Gasteiger charge is -2.18. The van der Waals surface area contributed by atoms with Gasteiger partial charge in [0.15, 0.2) is 5.78 Å². The summed E-state index contributed by atoms with van der Waals surface area (Å²) in [6.07, 6.45) is 0.390. The highest BCUT2D eigenvalue weighted by atomic mass is 79.9. The van der Waals surface area contributed by atoms with Gasteiger partial charge in [-0.15, -0.1) is 0 Å². The highest BCUT2D eigenvalue weighted by molar-refractivity contribution is 9.10. The highest BCUT2D eigenvalue weighted by Crippen LogP contribution is 2.34. The van der Waals surface area contributed by atoms with Gasteiger partial charge >= 0.3 is 11.9 Å². The molecule has 0 bridgehead atoms. The standard InChI is InChI=1S/C26H22BrNO3.C13H12BrNO.C13H14O4/c1-18-11-13-23(20-9-6-10-21(15-20)26(29)30-2)28(18)24-16-22(27)12-14-25(24)31-17-19-7-4-3-5-8-19;14-11-6-7-13(12(15)8-11)16-9-10-4-2-1-3-5-10;1-9(14)6-7-12(15)10-4-3-5-11(8-10)13(16)17-2/h3-16H,17H2,1-2H3;1-8H,9,15H2;3-5,8H,6-7H2,1-2H3. The quantitative estimate of drug-likeness (QED) is 0.0641. The fraction of sp³-hybridized carbons (Fsp3) is 0.154. The number of hydrogen-bond donors (Lipinski definition) is 1. The van der Waals surface area contributed by atoms with Gasteiger partial charge in [-0.05, 0) is 103 Å². The summed E-state index contributed by atoms with van der Waals surface area (Å²) in [6, 6.07) is 49.5. The molecule has 0 atom stereocenters. The average molecular weight is 989 g/mol. The molecule has 0 fully saturated rings. The van der Waals surface area contributed by atoms with Crippen LogP contribution in [0.5, 0.6) is 11.5 Å². The van der Waals surface area contributed by atoms with Crippen molar-refractivity contribution >= 4 is 61.1 Å². The molecule has 0 saturated carbocycles. The van der Waals surface area contributed by atoms with Crippen LogP contribution in [-0.4, -0.2) is 42.3 Å². The minimum Gasteiger partial charge on any atom is -0.487 e. The lowest BCUT2D eigenvalue weighted by atomic mass is 10.0. The van der Waals surface area contributed by atoms with Crippen LogP contribution >= 0.6 is 31.9 Å². The molecule has 328 valence electrons. The molecule has 0 amide bonds. The SMILES string of the molecule is COC(=O)c1cccc(-c2ccc(C)n2-c2cc(Br)ccc2OCc2ccccc2)c1.COC(=O)c1cccc(C(=O)CCC(C)=O)c1.Nc1cc(Br)ccc1OCc1ccccc1. The summed E-state index contributed by atoms with van der Waals surface area (Å²) >= 11 is 6.95. The van der Waals surface area contributed by atoms with E-state index < -0.39 is 5.97 Å². The summed E-state index contributed by atoms with van der Waals surface area (Å²) in [5, 5.41) is 0. The molecule has 7 rings (SSSR count). The van der Waals surface area contributed by atoms with E-state index in [1.807, 2.05) is 121 Å². The Hall–Kier alpha value is -6.76. The third kappa shape index (κ3) is 14.1. The van der Waals surface area contributed by atoms with Gasteiger partial charge in [-0.3, -0.25) is 4.79 Å². The van der Waals surface area contributed by atoms with Crippen molar-refractivity contribution in [3.8, 4) is 28.4 Å². The number of rotatable bonds is 14. The molecule has 0 spiro atoms. The number of carbonyl (C=O) groups is 4. The zero-order chi connectivity index (χ0) is 46.0. The second-order valence-electron chi connectivity index (χ2n) is 14.3. The Balaban J connectivity index is 0.000000198. The first-order chi connectivity index (χ1) is 30.9. The number of esters is 2. The van der Waals surface area contributed by atoms with Crippen LogP contribution in [0, 0.1) is 6.92 Å². The molecular weight excluding hydrogens is 940 g/mol. The fourth-order valence-corrected chi connectivity index (χ4v) is 7.01. The first-order valence-corrected chi connectivity index (χ1v) is 21.7. The number of nitrogens with zero attached hydrogens (tertiary/aromatic N) is 1. The number of ketones is 2. The number of ether oxygens (including phenoxy) is 4. The van der Waals surface area contributed by atoms with Gasteiger partial charge in [0.1, 0.15) is 30.5 Å². The molecule has 2 N–H and O–H groups in total. The number of anilines is 1. The lowest BCUT2D eigenvalue weighted by molar-refractivity contribution is -0.117. The summed E-state index contributed by atoms with van der Waals surface area (Å²) in [4.78, 5) is 45.8. The van der Waals surface area contributed by atoms with E-state index >= 15 is 0 Å². The van der Waals surface area contributed by atoms with Crippen LogP contribution < -0.4 is 15.2 Å². The number of methoxy groups -OCH3 is 2. The molecule has 0 radical (unpaired) electrons. The van der Waals surface area contributed by atoms with Gasteiger partial charge < -0.3 is 34.0 Å². The van der Waals surface area contributed by atoms with E-state index in [0.29, 0.717) is 41.3 Å². The molecule has 0 unspecified atom stereocenters. The van der Waals surface area contributed by atoms with Crippen molar-refractivity contribution in [2.45, 2.75) is 39.9 Å². The molecule has 6 aromatic carbocycles. The average Bonchev–Trinajstić information content (AvgIpc) is 3.71. The normalized spacial score (nSPS) is 10.3. The minimum atomic E-state index is -0.480. The van der Waals surface area contributed by atoms with Crippen LogP contribution in [0.15, 0.2) is 167 Å². The lowest BCUT2D eigenvalue weighted by Crippen LogP contribution is -2.06. The second-order valence-corrected chi connectivity index (χ2v) is 16.1. The molecule has 0 aliphatic heterocycles. The van der Waals surface area contributed by atoms with Gasteiger partial charge in [0.25, 0.3) is 0 Å². The summed E-state index contributed by atoms with van der Waals surface area (Å²) in [7, 11) is 2.67. The van der Waals surface area contributed by atoms with Crippen LogP contribution in [0.4, 0.5) is 5.69 Å². The smallest absolute Gasteiger partial charge is 0.337 e. The van der Waals surface area contributed by atoms with Crippen LogP contribution in [0.1, 0.15) is 67.7 Å². The molecule has 64 heavy (non-hydrogen) atoms. The Bertz CT molecular complexity index is 2680. The van der Waals surface area contributed by atoms with Crippen molar-refractivity contribution < 1.29 is 38.1 Å². The van der Waals surface area contributed by atoms with Gasteiger partial charge in [0, 0.05) is 33.0 Å². The van der Waals surface area contributed by atoms with Crippen molar-refractivity contribution in [1.82, 2.24) is 4.57 Å². The van der Waals surface area contributed by atoms with Gasteiger partial charge in [0.2, 0.25) is 0 Å². The van der Waals surface area contributed by atoms with Crippen molar-refractivity contribution in [2.24, 2.45) is 0 Å². The summed E-state index contributed by atoms with van der Waals surface area (Å²) < 4.78 is 25.3.